The van der Waals surface area contributed by atoms with E-state index in [1.54, 1.807) is 0 Å². The lowest BCUT2D eigenvalue weighted by Crippen LogP contribution is -2.40. The van der Waals surface area contributed by atoms with Crippen LogP contribution in [0.2, 0.25) is 0 Å². The molecule has 1 aromatic rings. The van der Waals surface area contributed by atoms with E-state index in [-0.39, 0.29) is 0 Å². The van der Waals surface area contributed by atoms with Gasteiger partial charge in [-0.1, -0.05) is 6.92 Å². The summed E-state index contributed by atoms with van der Waals surface area (Å²) in [5.74, 6) is 0. The maximum atomic E-state index is 10.1. The van der Waals surface area contributed by atoms with E-state index in [4.69, 9.17) is 4.74 Å². The van der Waals surface area contributed by atoms with Crippen molar-refractivity contribution in [3.05, 3.63) is 24.0 Å². The van der Waals surface area contributed by atoms with Gasteiger partial charge in [0.05, 0.1) is 6.61 Å². The van der Waals surface area contributed by atoms with Gasteiger partial charge in [-0.25, -0.2) is 0 Å². The number of aliphatic hydroxyl groups is 1. The van der Waals surface area contributed by atoms with Crippen molar-refractivity contribution in [2.24, 2.45) is 0 Å². The molecule has 4 heteroatoms. The minimum atomic E-state index is -0.661. The van der Waals surface area contributed by atoms with E-state index < -0.39 is 5.60 Å². The number of nitrogens with zero attached hydrogens (tertiary/aromatic N) is 1. The van der Waals surface area contributed by atoms with E-state index in [0.717, 1.165) is 25.9 Å². The summed E-state index contributed by atoms with van der Waals surface area (Å²) in [6.45, 7) is 5.78. The number of aromatic nitrogens is 1. The Hall–Kier alpha value is -0.840. The lowest BCUT2D eigenvalue weighted by atomic mass is 10.0. The summed E-state index contributed by atoms with van der Waals surface area (Å²) in [7, 11) is 0. The van der Waals surface area contributed by atoms with Gasteiger partial charge in [-0.2, -0.15) is 0 Å². The number of rotatable bonds is 6. The standard InChI is InChI=1S/C13H22N2O2/c1-2-5-15-6-3-12(9-15)8-14-10-13(16)4-7-17-11-13/h3,6,9,14,16H,2,4-5,7-8,10-11H2,1H3. The van der Waals surface area contributed by atoms with Gasteiger partial charge in [0.25, 0.3) is 0 Å². The normalized spacial score (nSPS) is 24.4. The summed E-state index contributed by atoms with van der Waals surface area (Å²) in [6.07, 6.45) is 6.15. The first-order valence-electron chi connectivity index (χ1n) is 6.37. The van der Waals surface area contributed by atoms with Crippen molar-refractivity contribution in [3.63, 3.8) is 0 Å². The smallest absolute Gasteiger partial charge is 0.102 e. The minimum Gasteiger partial charge on any atom is -0.386 e. The fourth-order valence-electron chi connectivity index (χ4n) is 2.17. The zero-order chi connectivity index (χ0) is 12.1. The van der Waals surface area contributed by atoms with Gasteiger partial charge in [0.2, 0.25) is 0 Å². The second kappa shape index (κ2) is 5.67. The molecule has 1 atom stereocenters. The van der Waals surface area contributed by atoms with Crippen LogP contribution in [0.4, 0.5) is 0 Å². The van der Waals surface area contributed by atoms with Crippen LogP contribution in [0.3, 0.4) is 0 Å². The van der Waals surface area contributed by atoms with E-state index in [9.17, 15) is 5.11 Å². The molecular weight excluding hydrogens is 216 g/mol. The molecule has 0 aromatic carbocycles. The molecule has 4 nitrogen and oxygen atoms in total. The van der Waals surface area contributed by atoms with Gasteiger partial charge in [-0.3, -0.25) is 0 Å². The highest BCUT2D eigenvalue weighted by Crippen LogP contribution is 2.17. The van der Waals surface area contributed by atoms with Crippen LogP contribution < -0.4 is 5.32 Å². The Morgan fingerprint density at radius 1 is 1.59 bits per heavy atom. The second-order valence-electron chi connectivity index (χ2n) is 4.89. The van der Waals surface area contributed by atoms with Crippen LogP contribution in [0, 0.1) is 0 Å². The third-order valence-electron chi connectivity index (χ3n) is 3.16. The van der Waals surface area contributed by atoms with E-state index in [1.807, 2.05) is 0 Å². The third kappa shape index (κ3) is 3.56. The molecule has 1 aromatic heterocycles. The maximum absolute atomic E-state index is 10.1. The SMILES string of the molecule is CCCn1ccc(CNCC2(O)CCOC2)c1. The summed E-state index contributed by atoms with van der Waals surface area (Å²) < 4.78 is 7.40. The van der Waals surface area contributed by atoms with Gasteiger partial charge in [0, 0.05) is 45.1 Å². The van der Waals surface area contributed by atoms with Gasteiger partial charge in [-0.05, 0) is 18.1 Å². The molecule has 2 rings (SSSR count). The lowest BCUT2D eigenvalue weighted by Gasteiger charge is -2.20. The van der Waals surface area contributed by atoms with Crippen LogP contribution in [0.25, 0.3) is 0 Å². The molecule has 1 aliphatic rings. The number of ether oxygens (including phenoxy) is 1. The number of aryl methyl sites for hydroxylation is 1. The second-order valence-corrected chi connectivity index (χ2v) is 4.89. The summed E-state index contributed by atoms with van der Waals surface area (Å²) in [6, 6.07) is 2.12. The Labute approximate surface area is 103 Å². The number of hydrogen-bond donors (Lipinski definition) is 2. The average molecular weight is 238 g/mol. The van der Waals surface area contributed by atoms with Crippen molar-refractivity contribution in [1.82, 2.24) is 9.88 Å². The van der Waals surface area contributed by atoms with Crippen molar-refractivity contribution < 1.29 is 9.84 Å². The fourth-order valence-corrected chi connectivity index (χ4v) is 2.17. The number of nitrogens with one attached hydrogen (secondary N) is 1. The highest BCUT2D eigenvalue weighted by atomic mass is 16.5. The highest BCUT2D eigenvalue weighted by molar-refractivity contribution is 5.10. The Balaban J connectivity index is 1.73. The monoisotopic (exact) mass is 238 g/mol. The summed E-state index contributed by atoms with van der Waals surface area (Å²) in [5, 5.41) is 13.4. The van der Waals surface area contributed by atoms with E-state index in [1.165, 1.54) is 5.56 Å². The average Bonchev–Trinajstić information content (AvgIpc) is 2.90. The van der Waals surface area contributed by atoms with Gasteiger partial charge in [-0.15, -0.1) is 0 Å². The summed E-state index contributed by atoms with van der Waals surface area (Å²) in [4.78, 5) is 0. The molecule has 1 unspecified atom stereocenters. The molecular formula is C13H22N2O2. The molecule has 17 heavy (non-hydrogen) atoms. The number of hydrogen-bond acceptors (Lipinski definition) is 3. The van der Waals surface area contributed by atoms with Gasteiger partial charge >= 0.3 is 0 Å². The van der Waals surface area contributed by atoms with Crippen molar-refractivity contribution in [3.8, 4) is 0 Å². The Bertz CT molecular complexity index is 343. The molecule has 2 N–H and O–H groups in total. The first-order chi connectivity index (χ1) is 8.22. The summed E-state index contributed by atoms with van der Waals surface area (Å²) >= 11 is 0. The predicted molar refractivity (Wildman–Crippen MR) is 66.8 cm³/mol. The molecule has 1 fully saturated rings. The van der Waals surface area contributed by atoms with Crippen molar-refractivity contribution in [2.75, 3.05) is 19.8 Å². The van der Waals surface area contributed by atoms with Crippen LogP contribution in [-0.2, 0) is 17.8 Å². The Kier molecular flexibility index (Phi) is 4.20. The fraction of sp³-hybridized carbons (Fsp3) is 0.692. The van der Waals surface area contributed by atoms with Crippen molar-refractivity contribution in [2.45, 2.75) is 38.5 Å². The molecule has 2 heterocycles. The van der Waals surface area contributed by atoms with Crippen molar-refractivity contribution in [1.29, 1.82) is 0 Å². The maximum Gasteiger partial charge on any atom is 0.102 e. The molecule has 0 amide bonds. The topological polar surface area (TPSA) is 46.4 Å². The zero-order valence-electron chi connectivity index (χ0n) is 10.5. The Morgan fingerprint density at radius 3 is 3.18 bits per heavy atom. The molecule has 0 aliphatic carbocycles. The van der Waals surface area contributed by atoms with E-state index in [0.29, 0.717) is 19.8 Å². The quantitative estimate of drug-likeness (QED) is 0.781. The van der Waals surface area contributed by atoms with Gasteiger partial charge in [0.15, 0.2) is 0 Å². The van der Waals surface area contributed by atoms with E-state index in [2.05, 4.69) is 35.3 Å². The molecule has 0 saturated carbocycles. The first-order valence-corrected chi connectivity index (χ1v) is 6.37. The predicted octanol–water partition coefficient (Wildman–Crippen LogP) is 1.14. The molecule has 1 aliphatic heterocycles. The minimum absolute atomic E-state index is 0.455. The lowest BCUT2D eigenvalue weighted by molar-refractivity contribution is 0.0268. The molecule has 1 saturated heterocycles. The summed E-state index contributed by atoms with van der Waals surface area (Å²) in [5.41, 5.74) is 0.604. The molecule has 0 bridgehead atoms. The first kappa shape index (κ1) is 12.6. The molecule has 0 spiro atoms. The van der Waals surface area contributed by atoms with Crippen LogP contribution in [0.1, 0.15) is 25.3 Å². The van der Waals surface area contributed by atoms with Crippen LogP contribution >= 0.6 is 0 Å². The molecule has 0 radical (unpaired) electrons. The molecule has 96 valence electrons. The highest BCUT2D eigenvalue weighted by Gasteiger charge is 2.31. The third-order valence-corrected chi connectivity index (χ3v) is 3.16. The van der Waals surface area contributed by atoms with Crippen molar-refractivity contribution >= 4 is 0 Å². The van der Waals surface area contributed by atoms with Crippen LogP contribution in [-0.4, -0.2) is 35.0 Å². The largest absolute Gasteiger partial charge is 0.386 e. The van der Waals surface area contributed by atoms with E-state index >= 15 is 0 Å². The van der Waals surface area contributed by atoms with Crippen LogP contribution in [0.5, 0.6) is 0 Å². The zero-order valence-corrected chi connectivity index (χ0v) is 10.5. The van der Waals surface area contributed by atoms with Gasteiger partial charge in [0.1, 0.15) is 5.60 Å². The van der Waals surface area contributed by atoms with Gasteiger partial charge < -0.3 is 19.7 Å². The van der Waals surface area contributed by atoms with Crippen LogP contribution in [0.15, 0.2) is 18.5 Å². The Morgan fingerprint density at radius 2 is 2.47 bits per heavy atom.